The molecule has 2 unspecified atom stereocenters. The van der Waals surface area contributed by atoms with E-state index >= 15 is 0 Å². The van der Waals surface area contributed by atoms with Crippen LogP contribution in [-0.2, 0) is 0 Å². The van der Waals surface area contributed by atoms with Crippen LogP contribution in [0.15, 0.2) is 18.3 Å². The molecule has 3 nitrogen and oxygen atoms in total. The quantitative estimate of drug-likeness (QED) is 0.891. The molecule has 3 heterocycles. The molecule has 0 bridgehead atoms. The number of pyridine rings is 1. The van der Waals surface area contributed by atoms with Crippen LogP contribution < -0.4 is 10.2 Å². The molecule has 2 aliphatic heterocycles. The lowest BCUT2D eigenvalue weighted by Gasteiger charge is -2.40. The second-order valence-corrected chi connectivity index (χ2v) is 5.68. The van der Waals surface area contributed by atoms with Gasteiger partial charge in [0.15, 0.2) is 0 Å². The molecular weight excluding hydrogens is 246 g/mol. The molecule has 0 saturated carbocycles. The summed E-state index contributed by atoms with van der Waals surface area (Å²) in [5.74, 6) is 0.970. The van der Waals surface area contributed by atoms with E-state index in [0.717, 1.165) is 23.9 Å². The number of rotatable bonds is 2. The van der Waals surface area contributed by atoms with Gasteiger partial charge in [0.2, 0.25) is 0 Å². The SMILES string of the molecule is Clc1cccnc1N1CCCCC1C1CCCN1. The summed E-state index contributed by atoms with van der Waals surface area (Å²) in [5.41, 5.74) is 0. The van der Waals surface area contributed by atoms with Crippen molar-refractivity contribution in [2.24, 2.45) is 0 Å². The molecule has 2 aliphatic rings. The van der Waals surface area contributed by atoms with Crippen molar-refractivity contribution in [2.45, 2.75) is 44.2 Å². The number of aromatic nitrogens is 1. The molecule has 0 radical (unpaired) electrons. The van der Waals surface area contributed by atoms with Gasteiger partial charge in [-0.25, -0.2) is 4.98 Å². The highest BCUT2D eigenvalue weighted by Gasteiger charge is 2.32. The van der Waals surface area contributed by atoms with Crippen molar-refractivity contribution in [1.29, 1.82) is 0 Å². The summed E-state index contributed by atoms with van der Waals surface area (Å²) in [4.78, 5) is 6.92. The molecule has 98 valence electrons. The molecule has 0 aliphatic carbocycles. The number of anilines is 1. The fraction of sp³-hybridized carbons (Fsp3) is 0.643. The van der Waals surface area contributed by atoms with Crippen molar-refractivity contribution in [2.75, 3.05) is 18.0 Å². The molecular formula is C14H20ClN3. The molecule has 2 atom stereocenters. The molecule has 2 saturated heterocycles. The van der Waals surface area contributed by atoms with E-state index in [0.29, 0.717) is 12.1 Å². The summed E-state index contributed by atoms with van der Waals surface area (Å²) in [7, 11) is 0. The standard InChI is InChI=1S/C14H20ClN3/c15-11-5-3-9-17-14(11)18-10-2-1-7-13(18)12-6-4-8-16-12/h3,5,9,12-13,16H,1-2,4,6-8,10H2. The Labute approximate surface area is 114 Å². The van der Waals surface area contributed by atoms with Crippen molar-refractivity contribution in [1.82, 2.24) is 10.3 Å². The van der Waals surface area contributed by atoms with Crippen LogP contribution in [0.5, 0.6) is 0 Å². The lowest BCUT2D eigenvalue weighted by molar-refractivity contribution is 0.376. The summed E-state index contributed by atoms with van der Waals surface area (Å²) in [6.07, 6.45) is 8.25. The molecule has 0 amide bonds. The summed E-state index contributed by atoms with van der Waals surface area (Å²) in [5, 5.41) is 4.41. The number of nitrogens with zero attached hydrogens (tertiary/aromatic N) is 2. The van der Waals surface area contributed by atoms with Crippen LogP contribution in [0.1, 0.15) is 32.1 Å². The van der Waals surface area contributed by atoms with E-state index in [9.17, 15) is 0 Å². The molecule has 1 aromatic heterocycles. The molecule has 1 aromatic rings. The number of hydrogen-bond acceptors (Lipinski definition) is 3. The summed E-state index contributed by atoms with van der Waals surface area (Å²) in [6.45, 7) is 2.24. The smallest absolute Gasteiger partial charge is 0.147 e. The van der Waals surface area contributed by atoms with Crippen molar-refractivity contribution in [3.8, 4) is 0 Å². The summed E-state index contributed by atoms with van der Waals surface area (Å²) in [6, 6.07) is 5.02. The number of nitrogens with one attached hydrogen (secondary N) is 1. The van der Waals surface area contributed by atoms with Crippen molar-refractivity contribution >= 4 is 17.4 Å². The van der Waals surface area contributed by atoms with Crippen molar-refractivity contribution in [3.63, 3.8) is 0 Å². The van der Waals surface area contributed by atoms with E-state index in [1.807, 2.05) is 18.3 Å². The fourth-order valence-corrected chi connectivity index (χ4v) is 3.50. The zero-order valence-electron chi connectivity index (χ0n) is 10.6. The van der Waals surface area contributed by atoms with Crippen LogP contribution >= 0.6 is 11.6 Å². The summed E-state index contributed by atoms with van der Waals surface area (Å²) < 4.78 is 0. The Balaban J connectivity index is 1.85. The minimum absolute atomic E-state index is 0.564. The Morgan fingerprint density at radius 1 is 1.28 bits per heavy atom. The Morgan fingerprint density at radius 3 is 3.00 bits per heavy atom. The first kappa shape index (κ1) is 12.2. The van der Waals surface area contributed by atoms with Crippen LogP contribution in [0.2, 0.25) is 5.02 Å². The molecule has 0 aromatic carbocycles. The Hall–Kier alpha value is -0.800. The van der Waals surface area contributed by atoms with Gasteiger partial charge >= 0.3 is 0 Å². The van der Waals surface area contributed by atoms with Gasteiger partial charge in [-0.05, 0) is 50.8 Å². The van der Waals surface area contributed by atoms with Gasteiger partial charge in [0.05, 0.1) is 5.02 Å². The molecule has 1 N–H and O–H groups in total. The molecule has 18 heavy (non-hydrogen) atoms. The van der Waals surface area contributed by atoms with Gasteiger partial charge < -0.3 is 10.2 Å². The molecule has 3 rings (SSSR count). The highest BCUT2D eigenvalue weighted by Crippen LogP contribution is 2.31. The van der Waals surface area contributed by atoms with Gasteiger partial charge in [-0.3, -0.25) is 0 Å². The Morgan fingerprint density at radius 2 is 2.22 bits per heavy atom. The van der Waals surface area contributed by atoms with Gasteiger partial charge in [-0.15, -0.1) is 0 Å². The van der Waals surface area contributed by atoms with Gasteiger partial charge in [-0.2, -0.15) is 0 Å². The maximum absolute atomic E-state index is 6.31. The molecule has 0 spiro atoms. The second kappa shape index (κ2) is 5.45. The predicted molar refractivity (Wildman–Crippen MR) is 75.3 cm³/mol. The van der Waals surface area contributed by atoms with Crippen LogP contribution in [0, 0.1) is 0 Å². The van der Waals surface area contributed by atoms with Gasteiger partial charge in [0, 0.05) is 24.8 Å². The van der Waals surface area contributed by atoms with Crippen LogP contribution in [0.25, 0.3) is 0 Å². The van der Waals surface area contributed by atoms with Crippen LogP contribution in [0.4, 0.5) is 5.82 Å². The lowest BCUT2D eigenvalue weighted by atomic mass is 9.94. The first-order valence-corrected chi connectivity index (χ1v) is 7.34. The van der Waals surface area contributed by atoms with E-state index in [-0.39, 0.29) is 0 Å². The maximum atomic E-state index is 6.31. The predicted octanol–water partition coefficient (Wildman–Crippen LogP) is 2.85. The Bertz CT molecular complexity index is 404. The second-order valence-electron chi connectivity index (χ2n) is 5.27. The Kier molecular flexibility index (Phi) is 3.71. The molecule has 4 heteroatoms. The normalized spacial score (nSPS) is 28.6. The fourth-order valence-electron chi connectivity index (χ4n) is 3.27. The zero-order valence-corrected chi connectivity index (χ0v) is 11.4. The third kappa shape index (κ3) is 2.34. The third-order valence-corrected chi connectivity index (χ3v) is 4.42. The number of hydrogen-bond donors (Lipinski definition) is 1. The van der Waals surface area contributed by atoms with Crippen LogP contribution in [-0.4, -0.2) is 30.2 Å². The minimum atomic E-state index is 0.564. The van der Waals surface area contributed by atoms with E-state index in [4.69, 9.17) is 11.6 Å². The van der Waals surface area contributed by atoms with Gasteiger partial charge in [0.1, 0.15) is 5.82 Å². The first-order chi connectivity index (χ1) is 8.86. The van der Waals surface area contributed by atoms with Crippen LogP contribution in [0.3, 0.4) is 0 Å². The highest BCUT2D eigenvalue weighted by atomic mass is 35.5. The lowest BCUT2D eigenvalue weighted by Crippen LogP contribution is -2.50. The average Bonchev–Trinajstić information content (AvgIpc) is 2.93. The van der Waals surface area contributed by atoms with E-state index in [1.54, 1.807) is 0 Å². The topological polar surface area (TPSA) is 28.2 Å². The molecule has 2 fully saturated rings. The maximum Gasteiger partial charge on any atom is 0.147 e. The van der Waals surface area contributed by atoms with Crippen molar-refractivity contribution in [3.05, 3.63) is 23.4 Å². The van der Waals surface area contributed by atoms with E-state index < -0.39 is 0 Å². The minimum Gasteiger partial charge on any atom is -0.351 e. The average molecular weight is 266 g/mol. The first-order valence-electron chi connectivity index (χ1n) is 6.97. The van der Waals surface area contributed by atoms with Gasteiger partial charge in [0.25, 0.3) is 0 Å². The number of piperidine rings is 1. The zero-order chi connectivity index (χ0) is 12.4. The highest BCUT2D eigenvalue weighted by molar-refractivity contribution is 6.32. The monoisotopic (exact) mass is 265 g/mol. The van der Waals surface area contributed by atoms with E-state index in [2.05, 4.69) is 15.2 Å². The number of halogens is 1. The van der Waals surface area contributed by atoms with Gasteiger partial charge in [-0.1, -0.05) is 11.6 Å². The third-order valence-electron chi connectivity index (χ3n) is 4.12. The van der Waals surface area contributed by atoms with Crippen molar-refractivity contribution < 1.29 is 0 Å². The largest absolute Gasteiger partial charge is 0.351 e. The summed E-state index contributed by atoms with van der Waals surface area (Å²) >= 11 is 6.31. The van der Waals surface area contributed by atoms with E-state index in [1.165, 1.54) is 32.1 Å².